The number of aliphatic hydroxyl groups is 1. The van der Waals surface area contributed by atoms with Crippen molar-refractivity contribution in [2.75, 3.05) is 6.61 Å². The lowest BCUT2D eigenvalue weighted by molar-refractivity contribution is -0.123. The molecule has 0 saturated heterocycles. The second-order valence-electron chi connectivity index (χ2n) is 6.22. The smallest absolute Gasteiger partial charge is 0.224 e. The van der Waals surface area contributed by atoms with Crippen LogP contribution in [0.2, 0.25) is 0 Å². The standard InChI is InChI=1S/C17H23NO2/c1-2-13(11-19)18-16(20)15-10-17(15)9-5-7-12-6-3-4-8-14(12)17/h3-4,6,8,13,15,19H,2,5,7,9-11H2,1H3,(H,18,20). The van der Waals surface area contributed by atoms with Crippen LogP contribution in [0.15, 0.2) is 24.3 Å². The van der Waals surface area contributed by atoms with Gasteiger partial charge in [0, 0.05) is 11.3 Å². The maximum atomic E-state index is 12.4. The highest BCUT2D eigenvalue weighted by molar-refractivity contribution is 5.85. The summed E-state index contributed by atoms with van der Waals surface area (Å²) in [6.07, 6.45) is 5.19. The van der Waals surface area contributed by atoms with Crippen LogP contribution < -0.4 is 5.32 Å². The number of benzene rings is 1. The third-order valence-electron chi connectivity index (χ3n) is 5.07. The van der Waals surface area contributed by atoms with E-state index in [-0.39, 0.29) is 29.9 Å². The minimum atomic E-state index is -0.0982. The summed E-state index contributed by atoms with van der Waals surface area (Å²) in [7, 11) is 0. The molecule has 1 fully saturated rings. The van der Waals surface area contributed by atoms with E-state index in [1.807, 2.05) is 6.92 Å². The third kappa shape index (κ3) is 2.14. The van der Waals surface area contributed by atoms with E-state index >= 15 is 0 Å². The molecule has 1 saturated carbocycles. The van der Waals surface area contributed by atoms with E-state index in [4.69, 9.17) is 0 Å². The molecule has 0 heterocycles. The van der Waals surface area contributed by atoms with Gasteiger partial charge in [-0.15, -0.1) is 0 Å². The fourth-order valence-electron chi connectivity index (χ4n) is 3.75. The molecule has 1 amide bonds. The van der Waals surface area contributed by atoms with Crippen LogP contribution in [0.25, 0.3) is 0 Å². The second-order valence-corrected chi connectivity index (χ2v) is 6.22. The van der Waals surface area contributed by atoms with Crippen molar-refractivity contribution in [1.29, 1.82) is 0 Å². The van der Waals surface area contributed by atoms with Gasteiger partial charge in [-0.25, -0.2) is 0 Å². The van der Waals surface area contributed by atoms with Crippen LogP contribution in [0.1, 0.15) is 43.7 Å². The van der Waals surface area contributed by atoms with Crippen LogP contribution in [0, 0.1) is 5.92 Å². The van der Waals surface area contributed by atoms with Crippen molar-refractivity contribution in [3.05, 3.63) is 35.4 Å². The summed E-state index contributed by atoms with van der Waals surface area (Å²) < 4.78 is 0. The van der Waals surface area contributed by atoms with Gasteiger partial charge in [-0.2, -0.15) is 0 Å². The summed E-state index contributed by atoms with van der Waals surface area (Å²) in [4.78, 5) is 12.4. The Labute approximate surface area is 120 Å². The van der Waals surface area contributed by atoms with Gasteiger partial charge in [0.15, 0.2) is 0 Å². The zero-order valence-electron chi connectivity index (χ0n) is 12.1. The van der Waals surface area contributed by atoms with Crippen LogP contribution in [-0.2, 0) is 16.6 Å². The molecule has 3 heteroatoms. The Kier molecular flexibility index (Phi) is 3.55. The van der Waals surface area contributed by atoms with Crippen molar-refractivity contribution in [3.8, 4) is 0 Å². The van der Waals surface area contributed by atoms with Gasteiger partial charge in [-0.3, -0.25) is 4.79 Å². The number of nitrogens with one attached hydrogen (secondary N) is 1. The number of carbonyl (C=O) groups is 1. The zero-order chi connectivity index (χ0) is 14.2. The van der Waals surface area contributed by atoms with Crippen molar-refractivity contribution in [2.24, 2.45) is 5.92 Å². The molecule has 3 unspecified atom stereocenters. The fraction of sp³-hybridized carbons (Fsp3) is 0.588. The second kappa shape index (κ2) is 5.21. The molecule has 0 aliphatic heterocycles. The molecule has 108 valence electrons. The highest BCUT2D eigenvalue weighted by Gasteiger charge is 2.60. The molecule has 0 bridgehead atoms. The first kappa shape index (κ1) is 13.6. The van der Waals surface area contributed by atoms with E-state index < -0.39 is 0 Å². The molecule has 1 spiro atoms. The van der Waals surface area contributed by atoms with Crippen LogP contribution in [0.5, 0.6) is 0 Å². The monoisotopic (exact) mass is 273 g/mol. The summed E-state index contributed by atoms with van der Waals surface area (Å²) in [5.41, 5.74) is 2.90. The molecule has 0 aromatic heterocycles. The summed E-state index contributed by atoms with van der Waals surface area (Å²) in [5.74, 6) is 0.229. The molecular formula is C17H23NO2. The number of fused-ring (bicyclic) bond motifs is 2. The molecule has 0 radical (unpaired) electrons. The Morgan fingerprint density at radius 3 is 3.05 bits per heavy atom. The minimum absolute atomic E-state index is 0.0263. The van der Waals surface area contributed by atoms with Gasteiger partial charge < -0.3 is 10.4 Å². The van der Waals surface area contributed by atoms with E-state index in [2.05, 4.69) is 29.6 Å². The number of aliphatic hydroxyl groups excluding tert-OH is 1. The Morgan fingerprint density at radius 2 is 2.30 bits per heavy atom. The van der Waals surface area contributed by atoms with Crippen molar-refractivity contribution in [3.63, 3.8) is 0 Å². The summed E-state index contributed by atoms with van der Waals surface area (Å²) >= 11 is 0. The molecule has 2 N–H and O–H groups in total. The van der Waals surface area contributed by atoms with E-state index in [1.165, 1.54) is 17.5 Å². The first-order valence-corrected chi connectivity index (χ1v) is 7.71. The van der Waals surface area contributed by atoms with Crippen LogP contribution in [-0.4, -0.2) is 23.7 Å². The summed E-state index contributed by atoms with van der Waals surface area (Å²) in [6.45, 7) is 2.01. The van der Waals surface area contributed by atoms with Gasteiger partial charge in [0.2, 0.25) is 5.91 Å². The molecule has 1 aromatic carbocycles. The predicted molar refractivity (Wildman–Crippen MR) is 78.5 cm³/mol. The summed E-state index contributed by atoms with van der Waals surface area (Å²) in [5, 5.41) is 12.2. The number of hydrogen-bond donors (Lipinski definition) is 2. The van der Waals surface area contributed by atoms with E-state index in [0.717, 1.165) is 25.7 Å². The normalized spacial score (nSPS) is 28.8. The Balaban J connectivity index is 1.76. The Hall–Kier alpha value is -1.35. The highest BCUT2D eigenvalue weighted by Crippen LogP contribution is 2.60. The van der Waals surface area contributed by atoms with Gasteiger partial charge in [0.1, 0.15) is 0 Å². The predicted octanol–water partition coefficient (Wildman–Crippen LogP) is 2.17. The highest BCUT2D eigenvalue weighted by atomic mass is 16.3. The molecule has 1 aromatic rings. The van der Waals surface area contributed by atoms with Gasteiger partial charge in [0.25, 0.3) is 0 Å². The van der Waals surface area contributed by atoms with E-state index in [9.17, 15) is 9.90 Å². The lowest BCUT2D eigenvalue weighted by Gasteiger charge is -2.26. The topological polar surface area (TPSA) is 49.3 Å². The number of aryl methyl sites for hydroxylation is 1. The summed E-state index contributed by atoms with van der Waals surface area (Å²) in [6, 6.07) is 8.48. The molecule has 2 aliphatic carbocycles. The van der Waals surface area contributed by atoms with Crippen molar-refractivity contribution in [2.45, 2.75) is 50.5 Å². The van der Waals surface area contributed by atoms with E-state index in [1.54, 1.807) is 0 Å². The number of amides is 1. The van der Waals surface area contributed by atoms with Crippen molar-refractivity contribution < 1.29 is 9.90 Å². The maximum absolute atomic E-state index is 12.4. The van der Waals surface area contributed by atoms with Crippen molar-refractivity contribution in [1.82, 2.24) is 5.32 Å². The average Bonchev–Trinajstić information content (AvgIpc) is 3.20. The van der Waals surface area contributed by atoms with Crippen molar-refractivity contribution >= 4 is 5.91 Å². The molecule has 3 nitrogen and oxygen atoms in total. The van der Waals surface area contributed by atoms with E-state index in [0.29, 0.717) is 0 Å². The Bertz CT molecular complexity index is 509. The van der Waals surface area contributed by atoms with Crippen LogP contribution in [0.3, 0.4) is 0 Å². The Morgan fingerprint density at radius 1 is 1.50 bits per heavy atom. The molecule has 2 aliphatic rings. The molecule has 3 atom stereocenters. The average molecular weight is 273 g/mol. The van der Waals surface area contributed by atoms with Gasteiger partial charge >= 0.3 is 0 Å². The largest absolute Gasteiger partial charge is 0.394 e. The quantitative estimate of drug-likeness (QED) is 0.883. The first-order chi connectivity index (χ1) is 9.71. The van der Waals surface area contributed by atoms with Crippen LogP contribution >= 0.6 is 0 Å². The first-order valence-electron chi connectivity index (χ1n) is 7.71. The van der Waals surface area contributed by atoms with Gasteiger partial charge in [-0.05, 0) is 43.2 Å². The molecular weight excluding hydrogens is 250 g/mol. The lowest BCUT2D eigenvalue weighted by atomic mass is 9.78. The SMILES string of the molecule is CCC(CO)NC(=O)C1CC12CCCc1ccccc12. The minimum Gasteiger partial charge on any atom is -0.394 e. The maximum Gasteiger partial charge on any atom is 0.224 e. The number of rotatable bonds is 4. The van der Waals surface area contributed by atoms with Gasteiger partial charge in [0.05, 0.1) is 12.6 Å². The van der Waals surface area contributed by atoms with Gasteiger partial charge in [-0.1, -0.05) is 31.2 Å². The molecule has 20 heavy (non-hydrogen) atoms. The number of carbonyl (C=O) groups excluding carboxylic acids is 1. The fourth-order valence-corrected chi connectivity index (χ4v) is 3.75. The van der Waals surface area contributed by atoms with Crippen LogP contribution in [0.4, 0.5) is 0 Å². The zero-order valence-corrected chi connectivity index (χ0v) is 12.1. The number of hydrogen-bond acceptors (Lipinski definition) is 2. The third-order valence-corrected chi connectivity index (χ3v) is 5.07. The lowest BCUT2D eigenvalue weighted by Crippen LogP contribution is -2.39. The molecule has 3 rings (SSSR count).